The molecule has 2 aliphatic heterocycles. The van der Waals surface area contributed by atoms with E-state index in [0.29, 0.717) is 16.3 Å². The summed E-state index contributed by atoms with van der Waals surface area (Å²) < 4.78 is 0. The first-order chi connectivity index (χ1) is 15.3. The van der Waals surface area contributed by atoms with Gasteiger partial charge in [0.2, 0.25) is 0 Å². The van der Waals surface area contributed by atoms with Crippen LogP contribution in [0.25, 0.3) is 6.08 Å². The highest BCUT2D eigenvalue weighted by Gasteiger charge is 2.37. The molecule has 2 aromatic rings. The van der Waals surface area contributed by atoms with Gasteiger partial charge in [0.25, 0.3) is 17.5 Å². The number of benzene rings is 2. The topological polar surface area (TPSA) is 113 Å². The van der Waals surface area contributed by atoms with Crippen LogP contribution in [0.4, 0.5) is 21.9 Å². The predicted octanol–water partition coefficient (Wildman–Crippen LogP) is 3.90. The number of halogens is 1. The van der Waals surface area contributed by atoms with E-state index in [1.54, 1.807) is 12.1 Å². The molecule has 2 aromatic carbocycles. The number of rotatable bonds is 4. The fourth-order valence-corrected chi connectivity index (χ4v) is 3.95. The Labute approximate surface area is 188 Å². The molecule has 4 amide bonds. The van der Waals surface area contributed by atoms with Crippen molar-refractivity contribution in [3.63, 3.8) is 0 Å². The van der Waals surface area contributed by atoms with Crippen LogP contribution in [0.1, 0.15) is 24.8 Å². The van der Waals surface area contributed by atoms with E-state index in [4.69, 9.17) is 11.6 Å². The molecule has 10 heteroatoms. The first-order valence-corrected chi connectivity index (χ1v) is 10.4. The number of nitro benzene ring substituents is 1. The lowest BCUT2D eigenvalue weighted by Gasteiger charge is -2.28. The molecule has 0 spiro atoms. The lowest BCUT2D eigenvalue weighted by atomic mass is 10.0. The van der Waals surface area contributed by atoms with E-state index in [9.17, 15) is 24.5 Å². The van der Waals surface area contributed by atoms with E-state index in [2.05, 4.69) is 5.32 Å². The van der Waals surface area contributed by atoms with Crippen molar-refractivity contribution in [1.29, 1.82) is 0 Å². The summed E-state index contributed by atoms with van der Waals surface area (Å²) >= 11 is 5.86. The largest absolute Gasteiger partial charge is 0.366 e. The van der Waals surface area contributed by atoms with E-state index in [1.165, 1.54) is 36.4 Å². The van der Waals surface area contributed by atoms with Crippen molar-refractivity contribution in [3.8, 4) is 0 Å². The van der Waals surface area contributed by atoms with Crippen LogP contribution in [-0.4, -0.2) is 35.9 Å². The van der Waals surface area contributed by atoms with E-state index in [0.717, 1.165) is 37.3 Å². The molecule has 0 saturated carbocycles. The molecule has 0 aromatic heterocycles. The maximum absolute atomic E-state index is 13.0. The molecule has 0 bridgehead atoms. The van der Waals surface area contributed by atoms with Crippen LogP contribution in [0.2, 0.25) is 5.02 Å². The predicted molar refractivity (Wildman–Crippen MR) is 120 cm³/mol. The molecule has 1 N–H and O–H groups in total. The average molecular weight is 455 g/mol. The van der Waals surface area contributed by atoms with E-state index in [1.807, 2.05) is 4.90 Å². The van der Waals surface area contributed by atoms with Gasteiger partial charge < -0.3 is 4.90 Å². The van der Waals surface area contributed by atoms with Gasteiger partial charge in [-0.1, -0.05) is 17.7 Å². The fourth-order valence-electron chi connectivity index (χ4n) is 3.83. The summed E-state index contributed by atoms with van der Waals surface area (Å²) in [5, 5.41) is 14.2. The van der Waals surface area contributed by atoms with Gasteiger partial charge in [0.05, 0.1) is 10.6 Å². The molecule has 0 atom stereocenters. The highest BCUT2D eigenvalue weighted by Crippen LogP contribution is 2.32. The number of hydrogen-bond acceptors (Lipinski definition) is 6. The summed E-state index contributed by atoms with van der Waals surface area (Å²) in [6.45, 7) is 1.47. The van der Waals surface area contributed by atoms with Crippen molar-refractivity contribution in [1.82, 2.24) is 5.32 Å². The number of piperidine rings is 1. The number of carbonyl (C=O) groups excluding carboxylic acids is 3. The normalized spacial score (nSPS) is 18.2. The van der Waals surface area contributed by atoms with E-state index < -0.39 is 22.8 Å². The molecule has 164 valence electrons. The van der Waals surface area contributed by atoms with E-state index in [-0.39, 0.29) is 16.9 Å². The molecule has 0 aliphatic carbocycles. The quantitative estimate of drug-likeness (QED) is 0.324. The minimum absolute atomic E-state index is 0.101. The maximum Gasteiger partial charge on any atom is 0.335 e. The molecule has 0 radical (unpaired) electrons. The van der Waals surface area contributed by atoms with Crippen LogP contribution in [-0.2, 0) is 9.59 Å². The van der Waals surface area contributed by atoms with Crippen molar-refractivity contribution in [2.24, 2.45) is 0 Å². The van der Waals surface area contributed by atoms with Crippen LogP contribution >= 0.6 is 11.6 Å². The summed E-state index contributed by atoms with van der Waals surface area (Å²) in [4.78, 5) is 51.6. The summed E-state index contributed by atoms with van der Waals surface area (Å²) in [6.07, 6.45) is 4.27. The minimum Gasteiger partial charge on any atom is -0.366 e. The Kier molecular flexibility index (Phi) is 5.91. The third-order valence-electron chi connectivity index (χ3n) is 5.39. The summed E-state index contributed by atoms with van der Waals surface area (Å²) in [6, 6.07) is 9.68. The molecule has 2 fully saturated rings. The Hall–Kier alpha value is -3.72. The summed E-state index contributed by atoms with van der Waals surface area (Å²) in [5.41, 5.74) is 0.646. The Morgan fingerprint density at radius 2 is 1.69 bits per heavy atom. The number of barbiturate groups is 1. The molecule has 9 nitrogen and oxygen atoms in total. The van der Waals surface area contributed by atoms with Crippen molar-refractivity contribution >= 4 is 52.6 Å². The van der Waals surface area contributed by atoms with Gasteiger partial charge in [0.15, 0.2) is 0 Å². The number of nitro groups is 1. The van der Waals surface area contributed by atoms with Crippen molar-refractivity contribution in [2.75, 3.05) is 22.9 Å². The molecule has 0 unspecified atom stereocenters. The zero-order chi connectivity index (χ0) is 22.8. The Balaban J connectivity index is 1.69. The Morgan fingerprint density at radius 1 is 1.00 bits per heavy atom. The first-order valence-electron chi connectivity index (χ1n) is 10.1. The molecule has 2 heterocycles. The third-order valence-corrected chi connectivity index (χ3v) is 5.64. The van der Waals surface area contributed by atoms with Gasteiger partial charge >= 0.3 is 6.03 Å². The monoisotopic (exact) mass is 454 g/mol. The smallest absolute Gasteiger partial charge is 0.335 e. The number of imide groups is 2. The van der Waals surface area contributed by atoms with Crippen LogP contribution < -0.4 is 15.1 Å². The average Bonchev–Trinajstić information content (AvgIpc) is 2.78. The SMILES string of the molecule is O=C1NC(=O)N(c2ccc(Cl)cc2)C(=O)/C1=C/c1ccc(N2CCCCC2)c([N+](=O)[O-])c1. The van der Waals surface area contributed by atoms with Gasteiger partial charge in [-0.15, -0.1) is 0 Å². The maximum atomic E-state index is 13.0. The first kappa shape index (κ1) is 21.5. The number of nitrogens with one attached hydrogen (secondary N) is 1. The molecule has 2 aliphatic rings. The van der Waals surface area contributed by atoms with Gasteiger partial charge in [-0.05, 0) is 61.2 Å². The number of urea groups is 1. The number of nitrogens with zero attached hydrogens (tertiary/aromatic N) is 3. The number of hydrogen-bond donors (Lipinski definition) is 1. The number of carbonyl (C=O) groups is 3. The zero-order valence-electron chi connectivity index (χ0n) is 16.9. The van der Waals surface area contributed by atoms with Crippen LogP contribution in [0.3, 0.4) is 0 Å². The minimum atomic E-state index is -0.883. The molecular weight excluding hydrogens is 436 g/mol. The van der Waals surface area contributed by atoms with Crippen LogP contribution in [0.15, 0.2) is 48.0 Å². The molecule has 32 heavy (non-hydrogen) atoms. The molecule has 4 rings (SSSR count). The van der Waals surface area contributed by atoms with Crippen molar-refractivity contribution < 1.29 is 19.3 Å². The van der Waals surface area contributed by atoms with Gasteiger partial charge in [-0.2, -0.15) is 0 Å². The third kappa shape index (κ3) is 4.19. The standard InChI is InChI=1S/C22H19ClN4O5/c23-15-5-7-16(8-6-15)26-21(29)17(20(28)24-22(26)30)12-14-4-9-18(19(13-14)27(31)32)25-10-2-1-3-11-25/h4-9,12-13H,1-3,10-11H2,(H,24,28,30)/b17-12+. The second kappa shape index (κ2) is 8.80. The molecular formula is C22H19ClN4O5. The number of anilines is 2. The van der Waals surface area contributed by atoms with Crippen molar-refractivity contribution in [3.05, 3.63) is 68.7 Å². The highest BCUT2D eigenvalue weighted by molar-refractivity contribution is 6.39. The second-order valence-electron chi connectivity index (χ2n) is 7.49. The van der Waals surface area contributed by atoms with Gasteiger partial charge in [-0.25, -0.2) is 9.69 Å². The Morgan fingerprint density at radius 3 is 2.34 bits per heavy atom. The fraction of sp³-hybridized carbons (Fsp3) is 0.227. The number of amides is 4. The summed E-state index contributed by atoms with van der Waals surface area (Å²) in [7, 11) is 0. The van der Waals surface area contributed by atoms with Crippen molar-refractivity contribution in [2.45, 2.75) is 19.3 Å². The van der Waals surface area contributed by atoms with E-state index >= 15 is 0 Å². The molecule has 2 saturated heterocycles. The van der Waals surface area contributed by atoms with Crippen LogP contribution in [0.5, 0.6) is 0 Å². The lowest BCUT2D eigenvalue weighted by molar-refractivity contribution is -0.384. The lowest BCUT2D eigenvalue weighted by Crippen LogP contribution is -2.54. The van der Waals surface area contributed by atoms with Gasteiger partial charge in [0, 0.05) is 24.2 Å². The van der Waals surface area contributed by atoms with Crippen LogP contribution in [0, 0.1) is 10.1 Å². The second-order valence-corrected chi connectivity index (χ2v) is 7.92. The summed E-state index contributed by atoms with van der Waals surface area (Å²) in [5.74, 6) is -1.70. The Bertz CT molecular complexity index is 1140. The zero-order valence-corrected chi connectivity index (χ0v) is 17.7. The van der Waals surface area contributed by atoms with Gasteiger partial charge in [-0.3, -0.25) is 25.0 Å². The highest BCUT2D eigenvalue weighted by atomic mass is 35.5. The van der Waals surface area contributed by atoms with Gasteiger partial charge in [0.1, 0.15) is 11.3 Å².